The maximum atomic E-state index is 11.6. The van der Waals surface area contributed by atoms with Gasteiger partial charge >= 0.3 is 0 Å². The lowest BCUT2D eigenvalue weighted by atomic mass is 10.3. The van der Waals surface area contributed by atoms with Gasteiger partial charge in [0.15, 0.2) is 5.69 Å². The summed E-state index contributed by atoms with van der Waals surface area (Å²) in [5.41, 5.74) is 0.223. The molecule has 0 saturated heterocycles. The van der Waals surface area contributed by atoms with Crippen molar-refractivity contribution in [2.45, 2.75) is 13.3 Å². The highest BCUT2D eigenvalue weighted by molar-refractivity contribution is 7.16. The molecule has 0 unspecified atom stereocenters. The number of rotatable bonds is 4. The highest BCUT2D eigenvalue weighted by Gasteiger charge is 2.14. The Labute approximate surface area is 102 Å². The van der Waals surface area contributed by atoms with Crippen LogP contribution < -0.4 is 10.6 Å². The molecule has 2 N–H and O–H groups in total. The molecule has 7 heteroatoms. The quantitative estimate of drug-likeness (QED) is 0.849. The van der Waals surface area contributed by atoms with Gasteiger partial charge in [-0.15, -0.1) is 11.3 Å². The van der Waals surface area contributed by atoms with Gasteiger partial charge in [-0.3, -0.25) is 9.59 Å². The van der Waals surface area contributed by atoms with Gasteiger partial charge in [0.25, 0.3) is 5.91 Å². The molecule has 0 aliphatic carbocycles. The maximum absolute atomic E-state index is 11.6. The fourth-order valence-corrected chi connectivity index (χ4v) is 2.13. The zero-order valence-electron chi connectivity index (χ0n) is 8.96. The minimum Gasteiger partial charge on any atom is -0.359 e. The molecular formula is C9H12ClN3O2S. The van der Waals surface area contributed by atoms with Crippen LogP contribution in [0.3, 0.4) is 0 Å². The molecule has 0 radical (unpaired) electrons. The zero-order chi connectivity index (χ0) is 12.1. The van der Waals surface area contributed by atoms with Crippen molar-refractivity contribution < 1.29 is 9.59 Å². The fraction of sp³-hybridized carbons (Fsp3) is 0.444. The molecule has 0 spiro atoms. The molecule has 1 aromatic rings. The summed E-state index contributed by atoms with van der Waals surface area (Å²) in [6.45, 7) is 2.04. The van der Waals surface area contributed by atoms with E-state index in [2.05, 4.69) is 15.6 Å². The summed E-state index contributed by atoms with van der Waals surface area (Å²) in [5, 5.41) is 5.78. The van der Waals surface area contributed by atoms with Crippen molar-refractivity contribution in [1.82, 2.24) is 15.6 Å². The Bertz CT molecular complexity index is 405. The SMILES string of the molecule is CNC(=O)CCNC(=O)c1nc(C)sc1Cl. The summed E-state index contributed by atoms with van der Waals surface area (Å²) in [4.78, 5) is 26.5. The number of aromatic nitrogens is 1. The molecule has 5 nitrogen and oxygen atoms in total. The van der Waals surface area contributed by atoms with E-state index in [0.717, 1.165) is 5.01 Å². The van der Waals surface area contributed by atoms with E-state index in [4.69, 9.17) is 11.6 Å². The third kappa shape index (κ3) is 3.46. The van der Waals surface area contributed by atoms with E-state index in [9.17, 15) is 9.59 Å². The number of hydrogen-bond acceptors (Lipinski definition) is 4. The first-order valence-electron chi connectivity index (χ1n) is 4.66. The summed E-state index contributed by atoms with van der Waals surface area (Å²) >= 11 is 7.08. The lowest BCUT2D eigenvalue weighted by Crippen LogP contribution is -2.29. The first-order valence-corrected chi connectivity index (χ1v) is 5.85. The summed E-state index contributed by atoms with van der Waals surface area (Å²) in [6.07, 6.45) is 0.239. The number of halogens is 1. The zero-order valence-corrected chi connectivity index (χ0v) is 10.5. The van der Waals surface area contributed by atoms with Crippen molar-refractivity contribution >= 4 is 34.8 Å². The van der Waals surface area contributed by atoms with E-state index >= 15 is 0 Å². The van der Waals surface area contributed by atoms with Gasteiger partial charge in [-0.1, -0.05) is 11.6 Å². The molecule has 0 aromatic carbocycles. The number of nitrogens with zero attached hydrogens (tertiary/aromatic N) is 1. The van der Waals surface area contributed by atoms with Crippen LogP contribution in [0.4, 0.5) is 0 Å². The Morgan fingerprint density at radius 3 is 2.69 bits per heavy atom. The second-order valence-corrected chi connectivity index (χ2v) is 4.84. The monoisotopic (exact) mass is 261 g/mol. The Morgan fingerprint density at radius 2 is 2.19 bits per heavy atom. The number of nitrogens with one attached hydrogen (secondary N) is 2. The third-order valence-corrected chi connectivity index (χ3v) is 2.99. The van der Waals surface area contributed by atoms with Gasteiger partial charge in [-0.2, -0.15) is 0 Å². The van der Waals surface area contributed by atoms with Gasteiger partial charge in [0.05, 0.1) is 5.01 Å². The Morgan fingerprint density at radius 1 is 1.50 bits per heavy atom. The van der Waals surface area contributed by atoms with Gasteiger partial charge in [0.1, 0.15) is 4.34 Å². The lowest BCUT2D eigenvalue weighted by Gasteiger charge is -2.02. The summed E-state index contributed by atoms with van der Waals surface area (Å²) in [6, 6.07) is 0. The molecule has 0 atom stereocenters. The van der Waals surface area contributed by atoms with Crippen LogP contribution in [0.25, 0.3) is 0 Å². The van der Waals surface area contributed by atoms with Crippen molar-refractivity contribution in [3.8, 4) is 0 Å². The number of amides is 2. The van der Waals surface area contributed by atoms with E-state index in [0.29, 0.717) is 4.34 Å². The largest absolute Gasteiger partial charge is 0.359 e. The van der Waals surface area contributed by atoms with Gasteiger partial charge in [-0.25, -0.2) is 4.98 Å². The number of hydrogen-bond donors (Lipinski definition) is 2. The first-order chi connectivity index (χ1) is 7.54. The van der Waals surface area contributed by atoms with E-state index in [1.807, 2.05) is 0 Å². The van der Waals surface area contributed by atoms with Gasteiger partial charge < -0.3 is 10.6 Å². The van der Waals surface area contributed by atoms with Crippen LogP contribution >= 0.6 is 22.9 Å². The molecule has 88 valence electrons. The fourth-order valence-electron chi connectivity index (χ4n) is 1.04. The van der Waals surface area contributed by atoms with E-state index in [1.54, 1.807) is 14.0 Å². The number of aryl methyl sites for hydroxylation is 1. The third-order valence-electron chi connectivity index (χ3n) is 1.82. The Kier molecular flexibility index (Phi) is 4.70. The first kappa shape index (κ1) is 12.9. The smallest absolute Gasteiger partial charge is 0.272 e. The number of thiazole rings is 1. The van der Waals surface area contributed by atoms with Crippen molar-refractivity contribution in [2.75, 3.05) is 13.6 Å². The predicted octanol–water partition coefficient (Wildman–Crippen LogP) is 0.971. The normalized spacial score (nSPS) is 9.94. The highest BCUT2D eigenvalue weighted by Crippen LogP contribution is 2.23. The minimum atomic E-state index is -0.349. The van der Waals surface area contributed by atoms with Crippen LogP contribution in [0.15, 0.2) is 0 Å². The van der Waals surface area contributed by atoms with Crippen LogP contribution in [0.1, 0.15) is 21.9 Å². The van der Waals surface area contributed by atoms with Crippen LogP contribution in [0.2, 0.25) is 4.34 Å². The van der Waals surface area contributed by atoms with Gasteiger partial charge in [0, 0.05) is 20.0 Å². The molecule has 1 heterocycles. The van der Waals surface area contributed by atoms with Crippen molar-refractivity contribution in [3.63, 3.8) is 0 Å². The number of carbonyl (C=O) groups is 2. The maximum Gasteiger partial charge on any atom is 0.272 e. The molecule has 0 fully saturated rings. The van der Waals surface area contributed by atoms with E-state index in [1.165, 1.54) is 11.3 Å². The molecule has 2 amide bonds. The second-order valence-electron chi connectivity index (χ2n) is 3.03. The topological polar surface area (TPSA) is 71.1 Å². The molecule has 0 saturated carbocycles. The molecule has 16 heavy (non-hydrogen) atoms. The summed E-state index contributed by atoms with van der Waals surface area (Å²) < 4.78 is 0.370. The second kappa shape index (κ2) is 5.81. The highest BCUT2D eigenvalue weighted by atomic mass is 35.5. The van der Waals surface area contributed by atoms with Crippen LogP contribution in [-0.2, 0) is 4.79 Å². The van der Waals surface area contributed by atoms with Crippen molar-refractivity contribution in [3.05, 3.63) is 15.0 Å². The molecule has 1 rings (SSSR count). The average Bonchev–Trinajstić information content (AvgIpc) is 2.57. The molecule has 0 aliphatic heterocycles. The van der Waals surface area contributed by atoms with Crippen molar-refractivity contribution in [1.29, 1.82) is 0 Å². The molecular weight excluding hydrogens is 250 g/mol. The van der Waals surface area contributed by atoms with Crippen LogP contribution in [0.5, 0.6) is 0 Å². The van der Waals surface area contributed by atoms with Crippen LogP contribution in [-0.4, -0.2) is 30.4 Å². The minimum absolute atomic E-state index is 0.124. The standard InChI is InChI=1S/C9H12ClN3O2S/c1-5-13-7(8(10)16-5)9(15)12-4-3-6(14)11-2/h3-4H2,1-2H3,(H,11,14)(H,12,15). The molecule has 0 aliphatic rings. The Hall–Kier alpha value is -1.14. The molecule has 0 bridgehead atoms. The lowest BCUT2D eigenvalue weighted by molar-refractivity contribution is -0.120. The summed E-state index contributed by atoms with van der Waals surface area (Å²) in [7, 11) is 1.55. The van der Waals surface area contributed by atoms with Gasteiger partial charge in [0.2, 0.25) is 5.91 Å². The van der Waals surface area contributed by atoms with E-state index < -0.39 is 0 Å². The Balaban J connectivity index is 2.47. The average molecular weight is 262 g/mol. The predicted molar refractivity (Wildman–Crippen MR) is 62.9 cm³/mol. The van der Waals surface area contributed by atoms with Crippen LogP contribution in [0, 0.1) is 6.92 Å². The number of carbonyl (C=O) groups excluding carboxylic acids is 2. The van der Waals surface area contributed by atoms with Gasteiger partial charge in [-0.05, 0) is 6.92 Å². The van der Waals surface area contributed by atoms with E-state index in [-0.39, 0.29) is 30.5 Å². The van der Waals surface area contributed by atoms with Crippen molar-refractivity contribution in [2.24, 2.45) is 0 Å². The molecule has 1 aromatic heterocycles. The summed E-state index contributed by atoms with van der Waals surface area (Å²) in [5.74, 6) is -0.473.